The molecular formula is C17H19NO. The van der Waals surface area contributed by atoms with Crippen molar-refractivity contribution in [2.24, 2.45) is 0 Å². The Balaban J connectivity index is 1.80. The van der Waals surface area contributed by atoms with Crippen LogP contribution >= 0.6 is 0 Å². The fourth-order valence-electron chi connectivity index (χ4n) is 2.63. The summed E-state index contributed by atoms with van der Waals surface area (Å²) in [6.45, 7) is 5.03. The van der Waals surface area contributed by atoms with E-state index in [2.05, 4.69) is 60.4 Å². The summed E-state index contributed by atoms with van der Waals surface area (Å²) in [6.07, 6.45) is 0.229. The second-order valence-corrected chi connectivity index (χ2v) is 5.19. The molecule has 1 aliphatic heterocycles. The van der Waals surface area contributed by atoms with Crippen molar-refractivity contribution in [2.75, 3.05) is 6.54 Å². The zero-order chi connectivity index (χ0) is 13.1. The van der Waals surface area contributed by atoms with Gasteiger partial charge in [0.05, 0.1) is 0 Å². The molecule has 1 atom stereocenters. The third-order valence-electron chi connectivity index (χ3n) is 3.46. The standard InChI is InChI=1S/C17H19NO/c1-14-11-18(12-15-7-3-2-4-8-15)13-16-9-5-6-10-17(16)19-14/h2-10,14H,11-13H2,1H3/t14-/m1/s1. The van der Waals surface area contributed by atoms with Crippen LogP contribution in [0.5, 0.6) is 5.75 Å². The molecule has 1 heterocycles. The van der Waals surface area contributed by atoms with Crippen molar-refractivity contribution in [3.63, 3.8) is 0 Å². The Kier molecular flexibility index (Phi) is 3.51. The molecule has 0 bridgehead atoms. The first kappa shape index (κ1) is 12.2. The molecule has 0 saturated heterocycles. The van der Waals surface area contributed by atoms with E-state index >= 15 is 0 Å². The fourth-order valence-corrected chi connectivity index (χ4v) is 2.63. The molecule has 2 heteroatoms. The van der Waals surface area contributed by atoms with E-state index in [0.29, 0.717) is 0 Å². The van der Waals surface area contributed by atoms with Crippen molar-refractivity contribution in [1.29, 1.82) is 0 Å². The van der Waals surface area contributed by atoms with Gasteiger partial charge in [-0.25, -0.2) is 0 Å². The van der Waals surface area contributed by atoms with Crippen LogP contribution in [0, 0.1) is 0 Å². The number of hydrogen-bond donors (Lipinski definition) is 0. The summed E-state index contributed by atoms with van der Waals surface area (Å²) in [5.41, 5.74) is 2.64. The highest BCUT2D eigenvalue weighted by Crippen LogP contribution is 2.25. The Bertz CT molecular complexity index is 538. The Morgan fingerprint density at radius 3 is 2.63 bits per heavy atom. The summed E-state index contributed by atoms with van der Waals surface area (Å²) in [4.78, 5) is 2.45. The molecule has 98 valence electrons. The zero-order valence-electron chi connectivity index (χ0n) is 11.3. The van der Waals surface area contributed by atoms with E-state index in [9.17, 15) is 0 Å². The minimum Gasteiger partial charge on any atom is -0.489 e. The highest BCUT2D eigenvalue weighted by Gasteiger charge is 2.19. The maximum atomic E-state index is 5.98. The SMILES string of the molecule is C[C@@H]1CN(Cc2ccccc2)Cc2ccccc2O1. The Labute approximate surface area is 114 Å². The van der Waals surface area contributed by atoms with Gasteiger partial charge in [-0.05, 0) is 18.6 Å². The lowest BCUT2D eigenvalue weighted by Gasteiger charge is -2.21. The van der Waals surface area contributed by atoms with E-state index in [0.717, 1.165) is 25.4 Å². The van der Waals surface area contributed by atoms with Gasteiger partial charge in [0.2, 0.25) is 0 Å². The van der Waals surface area contributed by atoms with E-state index in [-0.39, 0.29) is 6.10 Å². The summed E-state index contributed by atoms with van der Waals surface area (Å²) >= 11 is 0. The molecular weight excluding hydrogens is 234 g/mol. The molecule has 0 aliphatic carbocycles. The molecule has 19 heavy (non-hydrogen) atoms. The molecule has 0 saturated carbocycles. The van der Waals surface area contributed by atoms with Crippen LogP contribution in [0.1, 0.15) is 18.1 Å². The molecule has 2 aromatic rings. The maximum Gasteiger partial charge on any atom is 0.124 e. The average Bonchev–Trinajstić information content (AvgIpc) is 2.57. The smallest absolute Gasteiger partial charge is 0.124 e. The van der Waals surface area contributed by atoms with Crippen molar-refractivity contribution in [2.45, 2.75) is 26.1 Å². The van der Waals surface area contributed by atoms with Crippen molar-refractivity contribution in [3.8, 4) is 5.75 Å². The second kappa shape index (κ2) is 5.45. The largest absolute Gasteiger partial charge is 0.489 e. The van der Waals surface area contributed by atoms with E-state index in [1.54, 1.807) is 0 Å². The van der Waals surface area contributed by atoms with Crippen LogP contribution in [0.15, 0.2) is 54.6 Å². The molecule has 2 aromatic carbocycles. The molecule has 0 amide bonds. The number of benzene rings is 2. The van der Waals surface area contributed by atoms with Gasteiger partial charge in [-0.15, -0.1) is 0 Å². The summed E-state index contributed by atoms with van der Waals surface area (Å²) in [6, 6.07) is 19.0. The second-order valence-electron chi connectivity index (χ2n) is 5.19. The Morgan fingerprint density at radius 1 is 1.05 bits per heavy atom. The molecule has 1 aliphatic rings. The molecule has 2 nitrogen and oxygen atoms in total. The fraction of sp³-hybridized carbons (Fsp3) is 0.294. The van der Waals surface area contributed by atoms with Crippen molar-refractivity contribution in [1.82, 2.24) is 4.90 Å². The van der Waals surface area contributed by atoms with Crippen LogP contribution in [-0.2, 0) is 13.1 Å². The highest BCUT2D eigenvalue weighted by molar-refractivity contribution is 5.34. The lowest BCUT2D eigenvalue weighted by Crippen LogP contribution is -2.30. The zero-order valence-corrected chi connectivity index (χ0v) is 11.3. The quantitative estimate of drug-likeness (QED) is 0.812. The van der Waals surface area contributed by atoms with E-state index in [4.69, 9.17) is 4.74 Å². The molecule has 0 aromatic heterocycles. The first-order chi connectivity index (χ1) is 9.31. The monoisotopic (exact) mass is 253 g/mol. The predicted octanol–water partition coefficient (Wildman–Crippen LogP) is 3.47. The lowest BCUT2D eigenvalue weighted by molar-refractivity contribution is 0.156. The highest BCUT2D eigenvalue weighted by atomic mass is 16.5. The van der Waals surface area contributed by atoms with E-state index < -0.39 is 0 Å². The van der Waals surface area contributed by atoms with Crippen LogP contribution in [0.4, 0.5) is 0 Å². The van der Waals surface area contributed by atoms with Crippen LogP contribution in [0.2, 0.25) is 0 Å². The van der Waals surface area contributed by atoms with Gasteiger partial charge in [0, 0.05) is 25.2 Å². The number of para-hydroxylation sites is 1. The minimum absolute atomic E-state index is 0.229. The third-order valence-corrected chi connectivity index (χ3v) is 3.46. The summed E-state index contributed by atoms with van der Waals surface area (Å²) in [5, 5.41) is 0. The van der Waals surface area contributed by atoms with Gasteiger partial charge in [0.25, 0.3) is 0 Å². The first-order valence-electron chi connectivity index (χ1n) is 6.82. The molecule has 0 fully saturated rings. The predicted molar refractivity (Wildman–Crippen MR) is 77.1 cm³/mol. The van der Waals surface area contributed by atoms with Gasteiger partial charge in [-0.3, -0.25) is 4.90 Å². The van der Waals surface area contributed by atoms with Gasteiger partial charge in [0.1, 0.15) is 11.9 Å². The molecule has 0 spiro atoms. The van der Waals surface area contributed by atoms with Crippen LogP contribution in [0.3, 0.4) is 0 Å². The molecule has 0 N–H and O–H groups in total. The summed E-state index contributed by atoms with van der Waals surface area (Å²) < 4.78 is 5.98. The molecule has 0 radical (unpaired) electrons. The number of fused-ring (bicyclic) bond motifs is 1. The van der Waals surface area contributed by atoms with Gasteiger partial charge < -0.3 is 4.74 Å². The first-order valence-corrected chi connectivity index (χ1v) is 6.82. The van der Waals surface area contributed by atoms with Gasteiger partial charge >= 0.3 is 0 Å². The maximum absolute atomic E-state index is 5.98. The minimum atomic E-state index is 0.229. The van der Waals surface area contributed by atoms with Gasteiger partial charge in [-0.1, -0.05) is 48.5 Å². The van der Waals surface area contributed by atoms with E-state index in [1.165, 1.54) is 11.1 Å². The lowest BCUT2D eigenvalue weighted by atomic mass is 10.1. The third kappa shape index (κ3) is 2.96. The normalized spacial score (nSPS) is 19.3. The average molecular weight is 253 g/mol. The molecule has 3 rings (SSSR count). The van der Waals surface area contributed by atoms with Crippen molar-refractivity contribution in [3.05, 3.63) is 65.7 Å². The topological polar surface area (TPSA) is 12.5 Å². The van der Waals surface area contributed by atoms with Gasteiger partial charge in [0.15, 0.2) is 0 Å². The van der Waals surface area contributed by atoms with Crippen molar-refractivity contribution >= 4 is 0 Å². The Morgan fingerprint density at radius 2 is 1.79 bits per heavy atom. The number of hydrogen-bond acceptors (Lipinski definition) is 2. The van der Waals surface area contributed by atoms with Crippen LogP contribution in [0.25, 0.3) is 0 Å². The van der Waals surface area contributed by atoms with Crippen molar-refractivity contribution < 1.29 is 4.74 Å². The number of rotatable bonds is 2. The summed E-state index contributed by atoms with van der Waals surface area (Å²) in [5.74, 6) is 1.03. The Hall–Kier alpha value is -1.80. The number of ether oxygens (including phenoxy) is 1. The molecule has 0 unspecified atom stereocenters. The summed E-state index contributed by atoms with van der Waals surface area (Å²) in [7, 11) is 0. The van der Waals surface area contributed by atoms with Gasteiger partial charge in [-0.2, -0.15) is 0 Å². The van der Waals surface area contributed by atoms with E-state index in [1.807, 2.05) is 6.07 Å². The number of nitrogens with zero attached hydrogens (tertiary/aromatic N) is 1. The van der Waals surface area contributed by atoms with Crippen LogP contribution in [-0.4, -0.2) is 17.5 Å². The van der Waals surface area contributed by atoms with Crippen LogP contribution < -0.4 is 4.74 Å².